The molecule has 2 heteroatoms. The van der Waals surface area contributed by atoms with Gasteiger partial charge in [0.05, 0.1) is 12.2 Å². The molecule has 0 aromatic rings. The summed E-state index contributed by atoms with van der Waals surface area (Å²) in [6.45, 7) is 8.66. The van der Waals surface area contributed by atoms with Gasteiger partial charge in [0, 0.05) is 12.8 Å². The fourth-order valence-electron chi connectivity index (χ4n) is 0.566. The molecule has 0 spiro atoms. The van der Waals surface area contributed by atoms with Gasteiger partial charge in [-0.1, -0.05) is 13.8 Å². The van der Waals surface area contributed by atoms with E-state index in [4.69, 9.17) is 9.78 Å². The molecule has 0 rings (SSSR count). The number of hydrogen-bond donors (Lipinski definition) is 0. The van der Waals surface area contributed by atoms with Crippen molar-refractivity contribution in [1.29, 1.82) is 0 Å². The van der Waals surface area contributed by atoms with Gasteiger partial charge in [0.15, 0.2) is 0 Å². The molecule has 13 heavy (non-hydrogen) atoms. The summed E-state index contributed by atoms with van der Waals surface area (Å²) < 4.78 is 0. The molecular weight excluding hydrogens is 164 g/mol. The summed E-state index contributed by atoms with van der Waals surface area (Å²) >= 11 is 0. The normalized spacial score (nSPS) is 10.8. The standard InChI is InChI=1S/C11H20O2/c1-5-7-8-9-10-12-13-11(3,4)6-2/h5-6,9-10H2,1-4H3. The third kappa shape index (κ3) is 7.83. The predicted octanol–water partition coefficient (Wildman–Crippen LogP) is 2.93. The first-order chi connectivity index (χ1) is 6.12. The van der Waals surface area contributed by atoms with Gasteiger partial charge in [0.1, 0.15) is 0 Å². The summed E-state index contributed by atoms with van der Waals surface area (Å²) in [5.41, 5.74) is -0.182. The van der Waals surface area contributed by atoms with Gasteiger partial charge in [0.25, 0.3) is 0 Å². The second kappa shape index (κ2) is 6.94. The van der Waals surface area contributed by atoms with Gasteiger partial charge in [-0.3, -0.25) is 0 Å². The van der Waals surface area contributed by atoms with E-state index in [0.29, 0.717) is 6.61 Å². The van der Waals surface area contributed by atoms with Crippen molar-refractivity contribution in [3.63, 3.8) is 0 Å². The Hall–Kier alpha value is -0.520. The van der Waals surface area contributed by atoms with Gasteiger partial charge >= 0.3 is 0 Å². The van der Waals surface area contributed by atoms with Crippen LogP contribution in [0.1, 0.15) is 47.0 Å². The molecule has 0 unspecified atom stereocenters. The van der Waals surface area contributed by atoms with E-state index in [-0.39, 0.29) is 5.60 Å². The molecule has 0 aromatic heterocycles. The molecule has 0 aliphatic carbocycles. The number of rotatable bonds is 5. The lowest BCUT2D eigenvalue weighted by Gasteiger charge is -2.20. The zero-order chi connectivity index (χ0) is 10.2. The highest BCUT2D eigenvalue weighted by Crippen LogP contribution is 2.13. The second-order valence-corrected chi connectivity index (χ2v) is 3.48. The summed E-state index contributed by atoms with van der Waals surface area (Å²) in [7, 11) is 0. The van der Waals surface area contributed by atoms with E-state index >= 15 is 0 Å². The maximum Gasteiger partial charge on any atom is 0.0977 e. The highest BCUT2D eigenvalue weighted by atomic mass is 17.2. The molecule has 0 saturated heterocycles. The molecule has 0 fully saturated rings. The lowest BCUT2D eigenvalue weighted by molar-refractivity contribution is -0.352. The van der Waals surface area contributed by atoms with E-state index in [0.717, 1.165) is 19.3 Å². The fourth-order valence-corrected chi connectivity index (χ4v) is 0.566. The Morgan fingerprint density at radius 3 is 2.38 bits per heavy atom. The molecule has 2 nitrogen and oxygen atoms in total. The Bertz CT molecular complexity index is 174. The van der Waals surface area contributed by atoms with Crippen molar-refractivity contribution >= 4 is 0 Å². The molecule has 0 bridgehead atoms. The van der Waals surface area contributed by atoms with Crippen LogP contribution in [0.2, 0.25) is 0 Å². The molecule has 0 atom stereocenters. The van der Waals surface area contributed by atoms with Gasteiger partial charge in [-0.25, -0.2) is 9.78 Å². The maximum absolute atomic E-state index is 5.19. The molecule has 76 valence electrons. The van der Waals surface area contributed by atoms with Crippen molar-refractivity contribution in [2.75, 3.05) is 6.61 Å². The van der Waals surface area contributed by atoms with Crippen LogP contribution in [-0.4, -0.2) is 12.2 Å². The van der Waals surface area contributed by atoms with Crippen LogP contribution in [0.5, 0.6) is 0 Å². The van der Waals surface area contributed by atoms with Crippen molar-refractivity contribution < 1.29 is 9.78 Å². The Labute approximate surface area is 81.5 Å². The van der Waals surface area contributed by atoms with Crippen molar-refractivity contribution in [3.05, 3.63) is 0 Å². The van der Waals surface area contributed by atoms with Crippen molar-refractivity contribution in [2.45, 2.75) is 52.6 Å². The Morgan fingerprint density at radius 1 is 1.15 bits per heavy atom. The number of hydrogen-bond acceptors (Lipinski definition) is 2. The van der Waals surface area contributed by atoms with E-state index in [1.807, 2.05) is 20.8 Å². The molecule has 0 aliphatic rings. The van der Waals surface area contributed by atoms with Crippen LogP contribution < -0.4 is 0 Å². The largest absolute Gasteiger partial charge is 0.235 e. The molecule has 0 radical (unpaired) electrons. The van der Waals surface area contributed by atoms with E-state index in [1.165, 1.54) is 0 Å². The summed E-state index contributed by atoms with van der Waals surface area (Å²) in [5, 5.41) is 0. The Morgan fingerprint density at radius 2 is 1.85 bits per heavy atom. The van der Waals surface area contributed by atoms with Gasteiger partial charge in [-0.05, 0) is 20.3 Å². The Balaban J connectivity index is 3.35. The summed E-state index contributed by atoms with van der Waals surface area (Å²) in [4.78, 5) is 10.2. The average molecular weight is 184 g/mol. The zero-order valence-corrected chi connectivity index (χ0v) is 9.14. The second-order valence-electron chi connectivity index (χ2n) is 3.48. The molecule has 0 amide bonds. The third-order valence-electron chi connectivity index (χ3n) is 1.75. The van der Waals surface area contributed by atoms with E-state index in [9.17, 15) is 0 Å². The van der Waals surface area contributed by atoms with Crippen LogP contribution in [0.4, 0.5) is 0 Å². The van der Waals surface area contributed by atoms with Crippen LogP contribution in [0.25, 0.3) is 0 Å². The maximum atomic E-state index is 5.19. The monoisotopic (exact) mass is 184 g/mol. The van der Waals surface area contributed by atoms with Crippen LogP contribution in [0.3, 0.4) is 0 Å². The minimum atomic E-state index is -0.182. The minimum Gasteiger partial charge on any atom is -0.235 e. The van der Waals surface area contributed by atoms with Crippen molar-refractivity contribution in [2.24, 2.45) is 0 Å². The molecule has 0 heterocycles. The fraction of sp³-hybridized carbons (Fsp3) is 0.818. The first kappa shape index (κ1) is 12.5. The van der Waals surface area contributed by atoms with Gasteiger partial charge in [-0.15, -0.1) is 11.8 Å². The minimum absolute atomic E-state index is 0.182. The molecule has 0 aliphatic heterocycles. The van der Waals surface area contributed by atoms with Crippen molar-refractivity contribution in [1.82, 2.24) is 0 Å². The van der Waals surface area contributed by atoms with Crippen LogP contribution >= 0.6 is 0 Å². The summed E-state index contributed by atoms with van der Waals surface area (Å²) in [5.74, 6) is 5.96. The smallest absolute Gasteiger partial charge is 0.0977 e. The van der Waals surface area contributed by atoms with Crippen molar-refractivity contribution in [3.8, 4) is 11.8 Å². The first-order valence-electron chi connectivity index (χ1n) is 4.88. The highest BCUT2D eigenvalue weighted by Gasteiger charge is 2.16. The average Bonchev–Trinajstić information content (AvgIpc) is 2.11. The third-order valence-corrected chi connectivity index (χ3v) is 1.75. The lowest BCUT2D eigenvalue weighted by atomic mass is 10.1. The van der Waals surface area contributed by atoms with E-state index in [1.54, 1.807) is 0 Å². The summed E-state index contributed by atoms with van der Waals surface area (Å²) in [6, 6.07) is 0. The first-order valence-corrected chi connectivity index (χ1v) is 4.88. The van der Waals surface area contributed by atoms with Crippen LogP contribution in [0, 0.1) is 11.8 Å². The van der Waals surface area contributed by atoms with Crippen LogP contribution in [-0.2, 0) is 9.78 Å². The topological polar surface area (TPSA) is 18.5 Å². The quantitative estimate of drug-likeness (QED) is 0.283. The van der Waals surface area contributed by atoms with Gasteiger partial charge in [0.2, 0.25) is 0 Å². The molecule has 0 saturated carbocycles. The molecule has 0 aromatic carbocycles. The van der Waals surface area contributed by atoms with E-state index in [2.05, 4.69) is 18.8 Å². The highest BCUT2D eigenvalue weighted by molar-refractivity contribution is 4.97. The SMILES string of the molecule is CCC#CCCOOC(C)(C)CC. The predicted molar refractivity (Wildman–Crippen MR) is 54.1 cm³/mol. The van der Waals surface area contributed by atoms with Gasteiger partial charge < -0.3 is 0 Å². The Kier molecular flexibility index (Phi) is 6.66. The van der Waals surface area contributed by atoms with E-state index < -0.39 is 0 Å². The van der Waals surface area contributed by atoms with Gasteiger partial charge in [-0.2, -0.15) is 0 Å². The zero-order valence-electron chi connectivity index (χ0n) is 9.14. The van der Waals surface area contributed by atoms with Crippen LogP contribution in [0.15, 0.2) is 0 Å². The lowest BCUT2D eigenvalue weighted by Crippen LogP contribution is -2.23. The molecular formula is C11H20O2. The summed E-state index contributed by atoms with van der Waals surface area (Å²) in [6.07, 6.45) is 2.59. The molecule has 0 N–H and O–H groups in total.